The van der Waals surface area contributed by atoms with E-state index in [0.717, 1.165) is 55.3 Å². The number of aromatic nitrogens is 3. The van der Waals surface area contributed by atoms with Crippen molar-refractivity contribution in [1.29, 1.82) is 0 Å². The van der Waals surface area contributed by atoms with Crippen LogP contribution in [0.2, 0.25) is 10.0 Å². The molecule has 1 unspecified atom stereocenters. The van der Waals surface area contributed by atoms with Crippen molar-refractivity contribution in [3.63, 3.8) is 0 Å². The van der Waals surface area contributed by atoms with Crippen LogP contribution in [0.1, 0.15) is 61.3 Å². The van der Waals surface area contributed by atoms with Crippen LogP contribution < -0.4 is 10.7 Å². The van der Waals surface area contributed by atoms with Crippen LogP contribution in [0.4, 0.5) is 5.69 Å². The molecule has 0 spiro atoms. The molecule has 206 valence electrons. The zero-order chi connectivity index (χ0) is 28.5. The molecule has 4 aromatic rings. The minimum atomic E-state index is -1.64. The van der Waals surface area contributed by atoms with Crippen LogP contribution in [0, 0.1) is 6.92 Å². The van der Waals surface area contributed by atoms with E-state index in [1.54, 1.807) is 18.2 Å². The number of hydrogen-bond donors (Lipinski definition) is 1. The van der Waals surface area contributed by atoms with Crippen molar-refractivity contribution in [2.75, 3.05) is 4.90 Å². The lowest BCUT2D eigenvalue weighted by atomic mass is 9.59. The number of fused-ring (bicyclic) bond motifs is 2. The molecule has 3 aliphatic rings. The molecule has 12 heteroatoms. The van der Waals surface area contributed by atoms with Gasteiger partial charge in [-0.25, -0.2) is 4.79 Å². The summed E-state index contributed by atoms with van der Waals surface area (Å²) >= 11 is 13.1. The van der Waals surface area contributed by atoms with Crippen LogP contribution in [0.25, 0.3) is 22.6 Å². The third-order valence-electron chi connectivity index (χ3n) is 8.51. The monoisotopic (exact) mass is 586 g/mol. The summed E-state index contributed by atoms with van der Waals surface area (Å²) in [7, 11) is 13.6. The molecule has 4 heterocycles. The molecule has 7 rings (SSSR count). The number of ether oxygens (including phenoxy) is 1. The molecule has 2 saturated heterocycles. The molecule has 3 atom stereocenters. The molecule has 2 bridgehead atoms. The van der Waals surface area contributed by atoms with E-state index in [0.29, 0.717) is 38.5 Å². The molecule has 3 fully saturated rings. The van der Waals surface area contributed by atoms with E-state index in [1.165, 1.54) is 0 Å². The summed E-state index contributed by atoms with van der Waals surface area (Å²) in [5.41, 5.74) is 4.43. The van der Waals surface area contributed by atoms with Gasteiger partial charge in [-0.1, -0.05) is 39.6 Å². The zero-order valence-electron chi connectivity index (χ0n) is 22.4. The van der Waals surface area contributed by atoms with Gasteiger partial charge in [0.15, 0.2) is 5.82 Å². The average Bonchev–Trinajstić information content (AvgIpc) is 3.42. The van der Waals surface area contributed by atoms with Gasteiger partial charge in [-0.15, -0.1) is 0 Å². The predicted octanol–water partition coefficient (Wildman–Crippen LogP) is 5.84. The van der Waals surface area contributed by atoms with Crippen molar-refractivity contribution < 1.29 is 13.8 Å². The molecule has 2 aromatic heterocycles. The molecule has 41 heavy (non-hydrogen) atoms. The smallest absolute Gasteiger partial charge is 0.386 e. The first-order valence-corrected chi connectivity index (χ1v) is 14.6. The Balaban J connectivity index is 1.14. The van der Waals surface area contributed by atoms with Gasteiger partial charge in [-0.2, -0.15) is 0 Å². The minimum absolute atomic E-state index is 0.157. The topological polar surface area (TPSA) is 97.4 Å². The van der Waals surface area contributed by atoms with Crippen LogP contribution in [-0.2, 0) is 10.1 Å². The van der Waals surface area contributed by atoms with Crippen LogP contribution in [0.15, 0.2) is 50.2 Å². The Morgan fingerprint density at radius 3 is 2.34 bits per heavy atom. The number of benzene rings is 2. The number of nitrogens with one attached hydrogen (secondary N) is 1. The lowest BCUT2D eigenvalue weighted by molar-refractivity contribution is -0.0177. The number of nitrogens with zero attached hydrogens (tertiary/aromatic N) is 3. The molecule has 1 aliphatic carbocycles. The maximum absolute atomic E-state index is 11.4. The van der Waals surface area contributed by atoms with Gasteiger partial charge in [0.2, 0.25) is 0 Å². The van der Waals surface area contributed by atoms with Gasteiger partial charge in [0, 0.05) is 45.8 Å². The molecular weight excluding hydrogens is 561 g/mol. The average molecular weight is 587 g/mol. The van der Waals surface area contributed by atoms with Gasteiger partial charge in [0.1, 0.15) is 27.1 Å². The fourth-order valence-electron chi connectivity index (χ4n) is 6.60. The van der Waals surface area contributed by atoms with Crippen molar-refractivity contribution >= 4 is 44.6 Å². The first kappa shape index (κ1) is 26.9. The van der Waals surface area contributed by atoms with E-state index in [9.17, 15) is 4.79 Å². The second kappa shape index (κ2) is 10.1. The maximum Gasteiger partial charge on any atom is 0.439 e. The van der Waals surface area contributed by atoms with Gasteiger partial charge >= 0.3 is 5.76 Å². The van der Waals surface area contributed by atoms with Crippen LogP contribution in [0.5, 0.6) is 0 Å². The highest BCUT2D eigenvalue weighted by molar-refractivity contribution is 6.41. The summed E-state index contributed by atoms with van der Waals surface area (Å²) in [5, 5.41) is 7.40. The summed E-state index contributed by atoms with van der Waals surface area (Å²) in [5.74, 6) is 0.692. The predicted molar refractivity (Wildman–Crippen MR) is 158 cm³/mol. The Bertz CT molecular complexity index is 1650. The van der Waals surface area contributed by atoms with Gasteiger partial charge in [0.25, 0.3) is 0 Å². The summed E-state index contributed by atoms with van der Waals surface area (Å²) in [6.07, 6.45) is 5.43. The number of H-pyrrole nitrogens is 1. The fraction of sp³-hybridized carbons (Fsp3) is 0.414. The maximum atomic E-state index is 11.4. The van der Waals surface area contributed by atoms with Crippen LogP contribution >= 0.6 is 23.2 Å². The quantitative estimate of drug-likeness (QED) is 0.272. The molecule has 2 aliphatic heterocycles. The van der Waals surface area contributed by atoms with Crippen LogP contribution in [-0.4, -0.2) is 49.2 Å². The molecule has 8 nitrogen and oxygen atoms in total. The van der Waals surface area contributed by atoms with E-state index >= 15 is 0 Å². The van der Waals surface area contributed by atoms with E-state index in [4.69, 9.17) is 48.2 Å². The Hall–Kier alpha value is -2.94. The Labute approximate surface area is 249 Å². The fourth-order valence-corrected chi connectivity index (χ4v) is 7.18. The molecule has 4 radical (unpaired) electrons. The first-order valence-electron chi connectivity index (χ1n) is 13.8. The van der Waals surface area contributed by atoms with Crippen molar-refractivity contribution in [3.8, 4) is 22.6 Å². The number of anilines is 1. The van der Waals surface area contributed by atoms with Crippen molar-refractivity contribution in [3.05, 3.63) is 73.9 Å². The molecule has 1 saturated carbocycles. The summed E-state index contributed by atoms with van der Waals surface area (Å²) in [6, 6.07) is 12.0. The Morgan fingerprint density at radius 2 is 1.73 bits per heavy atom. The van der Waals surface area contributed by atoms with E-state index < -0.39 is 11.2 Å². The molecule has 0 amide bonds. The first-order chi connectivity index (χ1) is 19.7. The van der Waals surface area contributed by atoms with Gasteiger partial charge in [-0.3, -0.25) is 9.51 Å². The third kappa shape index (κ3) is 4.84. The molecular formula is C29H26B2Cl2N4O4. The standard InChI is InChI=1S/C29H26B2Cl2N4O4/c1-14-11-16(9-10-20(14)27-34-28(38)41-36-27)37-17-7-8-18(37)13-19(12-17)39-29(30,31)24-25(35-40-26(24)15-5-6-15)23-21(32)3-2-4-22(23)33/h2-4,9-11,15,17-19H,5-8,12-13H2,1H3,(H,34,36,38)/t17-,18+,19?. The van der Waals surface area contributed by atoms with Crippen molar-refractivity contribution in [2.24, 2.45) is 0 Å². The second-order valence-electron chi connectivity index (χ2n) is 11.4. The Kier molecular flexibility index (Phi) is 6.64. The zero-order valence-corrected chi connectivity index (χ0v) is 23.9. The minimum Gasteiger partial charge on any atom is -0.386 e. The summed E-state index contributed by atoms with van der Waals surface area (Å²) in [4.78, 5) is 16.5. The van der Waals surface area contributed by atoms with Gasteiger partial charge in [-0.05, 0) is 81.3 Å². The number of rotatable bonds is 7. The highest BCUT2D eigenvalue weighted by Crippen LogP contribution is 2.50. The molecule has 1 N–H and O–H groups in total. The molecule has 2 aromatic carbocycles. The Morgan fingerprint density at radius 1 is 1.02 bits per heavy atom. The highest BCUT2D eigenvalue weighted by atomic mass is 35.5. The number of aromatic amines is 1. The number of piperidine rings is 1. The normalized spacial score (nSPS) is 22.4. The third-order valence-corrected chi connectivity index (χ3v) is 9.14. The SMILES string of the molecule is [B]C([B])(OC1C[C@H]2CC[C@@H](C1)N2c1ccc(-c2noc(=O)[nH]2)c(C)c1)c1c(-c2c(Cl)cccc2Cl)noc1C1CC1. The van der Waals surface area contributed by atoms with E-state index in [-0.39, 0.29) is 24.1 Å². The lowest BCUT2D eigenvalue weighted by Crippen LogP contribution is -2.48. The van der Waals surface area contributed by atoms with Gasteiger partial charge in [0.05, 0.1) is 16.1 Å². The van der Waals surface area contributed by atoms with Crippen LogP contribution in [0.3, 0.4) is 0 Å². The lowest BCUT2D eigenvalue weighted by Gasteiger charge is -2.43. The number of hydrogen-bond acceptors (Lipinski definition) is 7. The van der Waals surface area contributed by atoms with Crippen molar-refractivity contribution in [1.82, 2.24) is 15.3 Å². The second-order valence-corrected chi connectivity index (χ2v) is 12.2. The highest BCUT2D eigenvalue weighted by Gasteiger charge is 2.45. The summed E-state index contributed by atoms with van der Waals surface area (Å²) in [6.45, 7) is 2.00. The largest absolute Gasteiger partial charge is 0.439 e. The number of aryl methyl sites for hydroxylation is 1. The van der Waals surface area contributed by atoms with Crippen molar-refractivity contribution in [2.45, 2.75) is 75.0 Å². The van der Waals surface area contributed by atoms with E-state index in [1.807, 2.05) is 13.0 Å². The number of halogens is 2. The van der Waals surface area contributed by atoms with E-state index in [2.05, 4.69) is 36.9 Å². The summed E-state index contributed by atoms with van der Waals surface area (Å²) < 4.78 is 17.0. The van der Waals surface area contributed by atoms with Gasteiger partial charge < -0.3 is 14.2 Å².